The van der Waals surface area contributed by atoms with Crippen molar-refractivity contribution in [3.05, 3.63) is 24.0 Å². The summed E-state index contributed by atoms with van der Waals surface area (Å²) in [6.07, 6.45) is 5.03. The van der Waals surface area contributed by atoms with E-state index in [4.69, 9.17) is 11.5 Å². The van der Waals surface area contributed by atoms with Gasteiger partial charge >= 0.3 is 0 Å². The van der Waals surface area contributed by atoms with Gasteiger partial charge in [0.1, 0.15) is 0 Å². The quantitative estimate of drug-likeness (QED) is 0.733. The smallest absolute Gasteiger partial charge is 0.180 e. The van der Waals surface area contributed by atoms with Gasteiger partial charge in [-0.1, -0.05) is 0 Å². The summed E-state index contributed by atoms with van der Waals surface area (Å²) < 4.78 is 0. The Morgan fingerprint density at radius 3 is 2.82 bits per heavy atom. The van der Waals surface area contributed by atoms with E-state index in [9.17, 15) is 4.79 Å². The average molecular weight is 234 g/mol. The number of aromatic nitrogens is 1. The number of carbonyl (C=O) groups excluding carboxylic acids is 1. The lowest BCUT2D eigenvalue weighted by Crippen LogP contribution is -2.42. The van der Waals surface area contributed by atoms with Crippen molar-refractivity contribution in [3.63, 3.8) is 0 Å². The molecule has 0 bridgehead atoms. The van der Waals surface area contributed by atoms with Gasteiger partial charge in [0.05, 0.1) is 12.1 Å². The molecule has 2 rings (SSSR count). The Kier molecular flexibility index (Phi) is 3.71. The molecule has 5 heteroatoms. The van der Waals surface area contributed by atoms with E-state index in [1.165, 1.54) is 6.20 Å². The van der Waals surface area contributed by atoms with Gasteiger partial charge in [0.2, 0.25) is 0 Å². The number of hydrogen-bond donors (Lipinski definition) is 2. The number of hydrogen-bond acceptors (Lipinski definition) is 5. The minimum absolute atomic E-state index is 0.0334. The van der Waals surface area contributed by atoms with Crippen LogP contribution in [-0.4, -0.2) is 41.3 Å². The van der Waals surface area contributed by atoms with E-state index in [1.54, 1.807) is 12.3 Å². The van der Waals surface area contributed by atoms with Gasteiger partial charge in [0.15, 0.2) is 5.78 Å². The zero-order valence-electron chi connectivity index (χ0n) is 9.80. The second-order valence-electron chi connectivity index (χ2n) is 4.50. The molecule has 4 N–H and O–H groups in total. The van der Waals surface area contributed by atoms with Gasteiger partial charge in [-0.05, 0) is 18.9 Å². The molecule has 1 saturated heterocycles. The van der Waals surface area contributed by atoms with E-state index in [0.717, 1.165) is 25.9 Å². The highest BCUT2D eigenvalue weighted by atomic mass is 16.1. The molecular weight excluding hydrogens is 216 g/mol. The highest BCUT2D eigenvalue weighted by Crippen LogP contribution is 2.13. The topological polar surface area (TPSA) is 85.2 Å². The van der Waals surface area contributed by atoms with Crippen LogP contribution in [0.2, 0.25) is 0 Å². The Bertz CT molecular complexity index is 399. The number of anilines is 1. The van der Waals surface area contributed by atoms with E-state index >= 15 is 0 Å². The van der Waals surface area contributed by atoms with Crippen molar-refractivity contribution in [3.8, 4) is 0 Å². The summed E-state index contributed by atoms with van der Waals surface area (Å²) in [7, 11) is 0. The Labute approximate surface area is 101 Å². The highest BCUT2D eigenvalue weighted by molar-refractivity contribution is 6.01. The second kappa shape index (κ2) is 5.25. The number of piperidine rings is 1. The first-order chi connectivity index (χ1) is 8.16. The molecule has 1 aromatic rings. The lowest BCUT2D eigenvalue weighted by molar-refractivity contribution is 0.0910. The number of nitrogens with two attached hydrogens (primary N) is 2. The fraction of sp³-hybridized carbons (Fsp3) is 0.500. The molecule has 1 fully saturated rings. The van der Waals surface area contributed by atoms with E-state index < -0.39 is 0 Å². The summed E-state index contributed by atoms with van der Waals surface area (Å²) in [6, 6.07) is 1.93. The van der Waals surface area contributed by atoms with E-state index in [2.05, 4.69) is 9.88 Å². The predicted octanol–water partition coefficient (Wildman–Crippen LogP) is 0.270. The SMILES string of the molecule is Nc1ccncc1C(=O)CN1CCC(N)CC1. The molecule has 5 nitrogen and oxygen atoms in total. The normalized spacial score (nSPS) is 18.2. The first-order valence-electron chi connectivity index (χ1n) is 5.87. The Balaban J connectivity index is 1.96. The molecule has 2 heterocycles. The van der Waals surface area contributed by atoms with Crippen LogP contribution < -0.4 is 11.5 Å². The molecule has 17 heavy (non-hydrogen) atoms. The summed E-state index contributed by atoms with van der Waals surface area (Å²) in [5.41, 5.74) is 12.6. The van der Waals surface area contributed by atoms with E-state index in [-0.39, 0.29) is 11.8 Å². The predicted molar refractivity (Wildman–Crippen MR) is 66.6 cm³/mol. The van der Waals surface area contributed by atoms with Crippen molar-refractivity contribution in [2.75, 3.05) is 25.4 Å². The third-order valence-corrected chi connectivity index (χ3v) is 3.15. The maximum absolute atomic E-state index is 12.0. The Hall–Kier alpha value is -1.46. The molecule has 1 aromatic heterocycles. The number of nitrogen functional groups attached to an aromatic ring is 1. The molecular formula is C12H18N4O. The fourth-order valence-electron chi connectivity index (χ4n) is 2.04. The summed E-state index contributed by atoms with van der Waals surface area (Å²) in [5, 5.41) is 0. The first kappa shape index (κ1) is 12.0. The fourth-order valence-corrected chi connectivity index (χ4v) is 2.04. The summed E-state index contributed by atoms with van der Waals surface area (Å²) in [6.45, 7) is 2.17. The lowest BCUT2D eigenvalue weighted by Gasteiger charge is -2.29. The van der Waals surface area contributed by atoms with Gasteiger partial charge in [-0.3, -0.25) is 14.7 Å². The van der Waals surface area contributed by atoms with Crippen LogP contribution in [0.3, 0.4) is 0 Å². The molecule has 92 valence electrons. The van der Waals surface area contributed by atoms with Crippen molar-refractivity contribution in [1.82, 2.24) is 9.88 Å². The third kappa shape index (κ3) is 3.01. The Morgan fingerprint density at radius 2 is 2.18 bits per heavy atom. The molecule has 0 atom stereocenters. The maximum atomic E-state index is 12.0. The second-order valence-corrected chi connectivity index (χ2v) is 4.50. The van der Waals surface area contributed by atoms with Crippen molar-refractivity contribution < 1.29 is 4.79 Å². The maximum Gasteiger partial charge on any atom is 0.180 e. The number of ketones is 1. The third-order valence-electron chi connectivity index (χ3n) is 3.15. The van der Waals surface area contributed by atoms with Crippen LogP contribution in [-0.2, 0) is 0 Å². The Morgan fingerprint density at radius 1 is 1.47 bits per heavy atom. The van der Waals surface area contributed by atoms with Crippen LogP contribution in [0.4, 0.5) is 5.69 Å². The number of pyridine rings is 1. The highest BCUT2D eigenvalue weighted by Gasteiger charge is 2.19. The zero-order chi connectivity index (χ0) is 12.3. The van der Waals surface area contributed by atoms with Crippen LogP contribution in [0, 0.1) is 0 Å². The molecule has 0 unspecified atom stereocenters. The van der Waals surface area contributed by atoms with Gasteiger partial charge in [0.25, 0.3) is 0 Å². The molecule has 0 amide bonds. The standard InChI is InChI=1S/C12H18N4O/c13-9-2-5-16(6-3-9)8-12(17)10-7-15-4-1-11(10)14/h1,4,7,9H,2-3,5-6,8,13H2,(H2,14,15). The molecule has 0 radical (unpaired) electrons. The van der Waals surface area contributed by atoms with Crippen LogP contribution in [0.5, 0.6) is 0 Å². The summed E-state index contributed by atoms with van der Waals surface area (Å²) in [5.74, 6) is 0.0334. The molecule has 0 saturated carbocycles. The van der Waals surface area contributed by atoms with Gasteiger partial charge in [-0.25, -0.2) is 0 Å². The molecule has 1 aliphatic rings. The first-order valence-corrected chi connectivity index (χ1v) is 5.87. The molecule has 0 spiro atoms. The number of carbonyl (C=O) groups is 1. The van der Waals surface area contributed by atoms with Crippen LogP contribution >= 0.6 is 0 Å². The van der Waals surface area contributed by atoms with Crippen molar-refractivity contribution >= 4 is 11.5 Å². The molecule has 0 aliphatic carbocycles. The van der Waals surface area contributed by atoms with Gasteiger partial charge in [-0.15, -0.1) is 0 Å². The summed E-state index contributed by atoms with van der Waals surface area (Å²) >= 11 is 0. The number of rotatable bonds is 3. The summed E-state index contributed by atoms with van der Waals surface area (Å²) in [4.78, 5) is 18.1. The van der Waals surface area contributed by atoms with E-state index in [0.29, 0.717) is 17.8 Å². The van der Waals surface area contributed by atoms with Gasteiger partial charge in [0, 0.05) is 37.2 Å². The average Bonchev–Trinajstić information content (AvgIpc) is 2.32. The van der Waals surface area contributed by atoms with Crippen LogP contribution in [0.1, 0.15) is 23.2 Å². The zero-order valence-corrected chi connectivity index (χ0v) is 9.80. The van der Waals surface area contributed by atoms with Crippen LogP contribution in [0.15, 0.2) is 18.5 Å². The lowest BCUT2D eigenvalue weighted by atomic mass is 10.0. The monoisotopic (exact) mass is 234 g/mol. The molecule has 0 aromatic carbocycles. The van der Waals surface area contributed by atoms with Crippen LogP contribution in [0.25, 0.3) is 0 Å². The van der Waals surface area contributed by atoms with Crippen molar-refractivity contribution in [2.24, 2.45) is 5.73 Å². The number of likely N-dealkylation sites (tertiary alicyclic amines) is 1. The molecule has 1 aliphatic heterocycles. The number of Topliss-reactive ketones (excluding diaryl/α,β-unsaturated/α-hetero) is 1. The van der Waals surface area contributed by atoms with Crippen molar-refractivity contribution in [2.45, 2.75) is 18.9 Å². The minimum Gasteiger partial charge on any atom is -0.398 e. The van der Waals surface area contributed by atoms with E-state index in [1.807, 2.05) is 0 Å². The largest absolute Gasteiger partial charge is 0.398 e. The van der Waals surface area contributed by atoms with Crippen molar-refractivity contribution in [1.29, 1.82) is 0 Å². The van der Waals surface area contributed by atoms with Gasteiger partial charge < -0.3 is 11.5 Å². The minimum atomic E-state index is 0.0334. The number of nitrogens with zero attached hydrogens (tertiary/aromatic N) is 2. The van der Waals surface area contributed by atoms with Gasteiger partial charge in [-0.2, -0.15) is 0 Å².